The maximum atomic E-state index is 9.03. The third-order valence-electron chi connectivity index (χ3n) is 2.44. The van der Waals surface area contributed by atoms with Crippen LogP contribution in [0.2, 0.25) is 0 Å². The first kappa shape index (κ1) is 8.87. The van der Waals surface area contributed by atoms with Gasteiger partial charge >= 0.3 is 0 Å². The fraction of sp³-hybridized carbons (Fsp3) is 0.300. The molecule has 0 heterocycles. The first-order valence-corrected chi connectivity index (χ1v) is 4.73. The smallest absolute Gasteiger partial charge is 0.142 e. The van der Waals surface area contributed by atoms with E-state index in [0.717, 1.165) is 5.56 Å². The standard InChI is InChI=1S/C10H7Cl2N/c11-10(12)6-9(10,7-13)8-4-2-1-3-5-8/h1-5H,6H2. The van der Waals surface area contributed by atoms with Gasteiger partial charge in [0.05, 0.1) is 6.07 Å². The summed E-state index contributed by atoms with van der Waals surface area (Å²) in [6.07, 6.45) is 0.517. The molecule has 1 aliphatic carbocycles. The Bertz CT molecular complexity index is 366. The van der Waals surface area contributed by atoms with Crippen LogP contribution in [0.15, 0.2) is 30.3 Å². The largest absolute Gasteiger partial charge is 0.197 e. The van der Waals surface area contributed by atoms with Gasteiger partial charge in [-0.15, -0.1) is 0 Å². The second kappa shape index (κ2) is 2.64. The van der Waals surface area contributed by atoms with E-state index in [9.17, 15) is 0 Å². The van der Waals surface area contributed by atoms with Crippen molar-refractivity contribution in [3.05, 3.63) is 35.9 Å². The fourth-order valence-electron chi connectivity index (χ4n) is 1.51. The lowest BCUT2D eigenvalue weighted by atomic mass is 9.98. The molecule has 2 rings (SSSR count). The van der Waals surface area contributed by atoms with Crippen molar-refractivity contribution in [2.45, 2.75) is 16.2 Å². The second-order valence-corrected chi connectivity index (χ2v) is 4.75. The van der Waals surface area contributed by atoms with Crippen LogP contribution in [0.4, 0.5) is 0 Å². The summed E-state index contributed by atoms with van der Waals surface area (Å²) < 4.78 is -0.900. The first-order valence-electron chi connectivity index (χ1n) is 3.97. The molecule has 0 amide bonds. The molecule has 0 spiro atoms. The van der Waals surface area contributed by atoms with Crippen LogP contribution >= 0.6 is 23.2 Å². The molecule has 0 radical (unpaired) electrons. The van der Waals surface area contributed by atoms with Crippen LogP contribution in [0.1, 0.15) is 12.0 Å². The Hall–Kier alpha value is -0.710. The molecule has 1 aromatic carbocycles. The number of alkyl halides is 2. The molecule has 1 aliphatic rings. The van der Waals surface area contributed by atoms with Crippen LogP contribution in [-0.4, -0.2) is 4.33 Å². The lowest BCUT2D eigenvalue weighted by Crippen LogP contribution is -2.11. The van der Waals surface area contributed by atoms with Crippen molar-refractivity contribution in [2.24, 2.45) is 0 Å². The van der Waals surface area contributed by atoms with Crippen LogP contribution in [0.25, 0.3) is 0 Å². The molecule has 0 aromatic heterocycles. The van der Waals surface area contributed by atoms with Gasteiger partial charge < -0.3 is 0 Å². The average Bonchev–Trinajstić information content (AvgIpc) is 2.72. The summed E-state index contributed by atoms with van der Waals surface area (Å²) in [5.41, 5.74) is 0.222. The van der Waals surface area contributed by atoms with Gasteiger partial charge in [-0.3, -0.25) is 0 Å². The van der Waals surface area contributed by atoms with Gasteiger partial charge in [0.2, 0.25) is 0 Å². The van der Waals surface area contributed by atoms with Crippen molar-refractivity contribution < 1.29 is 0 Å². The monoisotopic (exact) mass is 211 g/mol. The number of nitrogens with zero attached hydrogens (tertiary/aromatic N) is 1. The van der Waals surface area contributed by atoms with Crippen molar-refractivity contribution >= 4 is 23.2 Å². The lowest BCUT2D eigenvalue weighted by Gasteiger charge is -2.08. The minimum Gasteiger partial charge on any atom is -0.197 e. The second-order valence-electron chi connectivity index (χ2n) is 3.26. The van der Waals surface area contributed by atoms with Gasteiger partial charge in [-0.05, 0) is 5.56 Å². The van der Waals surface area contributed by atoms with E-state index in [1.165, 1.54) is 0 Å². The molecule has 1 aromatic rings. The molecular formula is C10H7Cl2N. The number of halogens is 2. The van der Waals surface area contributed by atoms with Gasteiger partial charge in [0, 0.05) is 6.42 Å². The fourth-order valence-corrected chi connectivity index (χ4v) is 2.21. The van der Waals surface area contributed by atoms with E-state index >= 15 is 0 Å². The van der Waals surface area contributed by atoms with Crippen molar-refractivity contribution in [2.75, 3.05) is 0 Å². The molecule has 66 valence electrons. The molecule has 1 nitrogen and oxygen atoms in total. The number of rotatable bonds is 1. The molecule has 13 heavy (non-hydrogen) atoms. The summed E-state index contributed by atoms with van der Waals surface area (Å²) in [7, 11) is 0. The van der Waals surface area contributed by atoms with Crippen molar-refractivity contribution in [1.29, 1.82) is 5.26 Å². The van der Waals surface area contributed by atoms with Crippen LogP contribution in [0.5, 0.6) is 0 Å². The molecule has 1 atom stereocenters. The minimum atomic E-state index is -0.900. The van der Waals surface area contributed by atoms with Crippen LogP contribution in [-0.2, 0) is 5.41 Å². The van der Waals surface area contributed by atoms with Crippen LogP contribution < -0.4 is 0 Å². The Labute approximate surface area is 86.9 Å². The Morgan fingerprint density at radius 3 is 2.15 bits per heavy atom. The summed E-state index contributed by atoms with van der Waals surface area (Å²) in [4.78, 5) is 0. The van der Waals surface area contributed by atoms with Gasteiger partial charge in [0.15, 0.2) is 0 Å². The summed E-state index contributed by atoms with van der Waals surface area (Å²) >= 11 is 11.9. The van der Waals surface area contributed by atoms with Crippen molar-refractivity contribution in [3.8, 4) is 6.07 Å². The molecule has 0 saturated heterocycles. The highest BCUT2D eigenvalue weighted by atomic mass is 35.5. The number of hydrogen-bond acceptors (Lipinski definition) is 1. The van der Waals surface area contributed by atoms with Crippen LogP contribution in [0.3, 0.4) is 0 Å². The average molecular weight is 212 g/mol. The number of hydrogen-bond donors (Lipinski definition) is 0. The Kier molecular flexibility index (Phi) is 1.80. The molecule has 1 unspecified atom stereocenters. The molecular weight excluding hydrogens is 205 g/mol. The van der Waals surface area contributed by atoms with E-state index in [2.05, 4.69) is 6.07 Å². The topological polar surface area (TPSA) is 23.8 Å². The van der Waals surface area contributed by atoms with E-state index in [4.69, 9.17) is 28.5 Å². The van der Waals surface area contributed by atoms with Crippen molar-refractivity contribution in [3.63, 3.8) is 0 Å². The highest BCUT2D eigenvalue weighted by molar-refractivity contribution is 6.52. The molecule has 3 heteroatoms. The summed E-state index contributed by atoms with van der Waals surface area (Å²) in [5.74, 6) is 0. The predicted octanol–water partition coefficient (Wildman–Crippen LogP) is 3.03. The van der Waals surface area contributed by atoms with Gasteiger partial charge in [-0.25, -0.2) is 0 Å². The Morgan fingerprint density at radius 1 is 1.23 bits per heavy atom. The summed E-state index contributed by atoms with van der Waals surface area (Å²) in [6.45, 7) is 0. The maximum Gasteiger partial charge on any atom is 0.142 e. The highest BCUT2D eigenvalue weighted by Gasteiger charge is 2.68. The summed E-state index contributed by atoms with van der Waals surface area (Å²) in [5, 5.41) is 9.03. The van der Waals surface area contributed by atoms with E-state index < -0.39 is 9.75 Å². The van der Waals surface area contributed by atoms with Gasteiger partial charge in [-0.1, -0.05) is 53.5 Å². The third-order valence-corrected chi connectivity index (χ3v) is 3.36. The number of nitriles is 1. The zero-order chi connectivity index (χ0) is 9.53. The maximum absolute atomic E-state index is 9.03. The van der Waals surface area contributed by atoms with Gasteiger partial charge in [0.1, 0.15) is 9.75 Å². The number of benzene rings is 1. The molecule has 0 bridgehead atoms. The minimum absolute atomic E-state index is 0.517. The lowest BCUT2D eigenvalue weighted by molar-refractivity contribution is 0.892. The Morgan fingerprint density at radius 2 is 1.77 bits per heavy atom. The SMILES string of the molecule is N#CC1(c2ccccc2)CC1(Cl)Cl. The first-order chi connectivity index (χ1) is 6.12. The third kappa shape index (κ3) is 1.14. The highest BCUT2D eigenvalue weighted by Crippen LogP contribution is 2.64. The van der Waals surface area contributed by atoms with Crippen LogP contribution in [0, 0.1) is 11.3 Å². The Balaban J connectivity index is 2.44. The van der Waals surface area contributed by atoms with Gasteiger partial charge in [0.25, 0.3) is 0 Å². The predicted molar refractivity (Wildman–Crippen MR) is 52.8 cm³/mol. The normalized spacial score (nSPS) is 29.3. The van der Waals surface area contributed by atoms with E-state index in [1.54, 1.807) is 0 Å². The summed E-state index contributed by atoms with van der Waals surface area (Å²) in [6, 6.07) is 11.6. The van der Waals surface area contributed by atoms with E-state index in [0.29, 0.717) is 6.42 Å². The molecule has 0 N–H and O–H groups in total. The molecule has 1 fully saturated rings. The molecule has 0 aliphatic heterocycles. The zero-order valence-electron chi connectivity index (χ0n) is 6.80. The van der Waals surface area contributed by atoms with Crippen molar-refractivity contribution in [1.82, 2.24) is 0 Å². The quantitative estimate of drug-likeness (QED) is 0.656. The van der Waals surface area contributed by atoms with E-state index in [1.807, 2.05) is 30.3 Å². The van der Waals surface area contributed by atoms with E-state index in [-0.39, 0.29) is 0 Å². The molecule has 1 saturated carbocycles. The van der Waals surface area contributed by atoms with Gasteiger partial charge in [-0.2, -0.15) is 5.26 Å². The zero-order valence-corrected chi connectivity index (χ0v) is 8.31.